The monoisotopic (exact) mass is 258 g/mol. The molecule has 0 atom stereocenters. The molecule has 3 rings (SSSR count). The Hall–Kier alpha value is -1.84. The highest BCUT2D eigenvalue weighted by Gasteiger charge is 2.53. The van der Waals surface area contributed by atoms with Gasteiger partial charge in [0.1, 0.15) is 0 Å². The Balaban J connectivity index is 2.01. The van der Waals surface area contributed by atoms with Gasteiger partial charge in [0.05, 0.1) is 11.1 Å². The van der Waals surface area contributed by atoms with Crippen LogP contribution >= 0.6 is 0 Å². The van der Waals surface area contributed by atoms with Crippen LogP contribution in [-0.2, 0) is 9.59 Å². The zero-order chi connectivity index (χ0) is 13.6. The lowest BCUT2D eigenvalue weighted by atomic mass is 9.84. The van der Waals surface area contributed by atoms with Gasteiger partial charge in [-0.2, -0.15) is 0 Å². The van der Waals surface area contributed by atoms with Crippen LogP contribution in [0.5, 0.6) is 0 Å². The molecule has 1 aromatic rings. The Morgan fingerprint density at radius 2 is 1.89 bits per heavy atom. The molecule has 4 heteroatoms. The summed E-state index contributed by atoms with van der Waals surface area (Å²) in [4.78, 5) is 26.3. The van der Waals surface area contributed by atoms with E-state index in [2.05, 4.69) is 0 Å². The van der Waals surface area contributed by atoms with Crippen molar-refractivity contribution in [2.75, 3.05) is 10.6 Å². The smallest absolute Gasteiger partial charge is 0.240 e. The first-order valence-electron chi connectivity index (χ1n) is 6.77. The van der Waals surface area contributed by atoms with Crippen LogP contribution in [0.2, 0.25) is 0 Å². The zero-order valence-corrected chi connectivity index (χ0v) is 11.1. The Labute approximate surface area is 112 Å². The molecule has 1 saturated carbocycles. The molecule has 1 aromatic carbocycles. The fraction of sp³-hybridized carbons (Fsp3) is 0.467. The summed E-state index contributed by atoms with van der Waals surface area (Å²) in [7, 11) is 0. The average Bonchev–Trinajstić information content (AvgIpc) is 2.89. The molecule has 2 amide bonds. The highest BCUT2D eigenvalue weighted by Crippen LogP contribution is 2.48. The number of imide groups is 1. The van der Waals surface area contributed by atoms with E-state index in [0.717, 1.165) is 31.2 Å². The fourth-order valence-corrected chi connectivity index (χ4v) is 3.41. The van der Waals surface area contributed by atoms with Crippen molar-refractivity contribution in [3.8, 4) is 0 Å². The number of nitrogens with two attached hydrogens (primary N) is 1. The molecule has 0 aromatic heterocycles. The number of benzene rings is 1. The number of aryl methyl sites for hydroxylation is 1. The average molecular weight is 258 g/mol. The van der Waals surface area contributed by atoms with Gasteiger partial charge in [0.2, 0.25) is 11.8 Å². The Bertz CT molecular complexity index is 559. The van der Waals surface area contributed by atoms with Crippen molar-refractivity contribution in [1.82, 2.24) is 0 Å². The number of nitrogen functional groups attached to an aromatic ring is 1. The number of hydrogen-bond donors (Lipinski definition) is 1. The second-order valence-electron chi connectivity index (χ2n) is 5.74. The van der Waals surface area contributed by atoms with Crippen molar-refractivity contribution < 1.29 is 9.59 Å². The number of hydrogen-bond acceptors (Lipinski definition) is 3. The molecule has 4 nitrogen and oxygen atoms in total. The summed E-state index contributed by atoms with van der Waals surface area (Å²) >= 11 is 0. The Morgan fingerprint density at radius 3 is 2.53 bits per heavy atom. The summed E-state index contributed by atoms with van der Waals surface area (Å²) in [6, 6.07) is 5.31. The fourth-order valence-electron chi connectivity index (χ4n) is 3.41. The van der Waals surface area contributed by atoms with Crippen molar-refractivity contribution in [3.05, 3.63) is 23.8 Å². The molecule has 1 aliphatic carbocycles. The minimum atomic E-state index is -0.412. The summed E-state index contributed by atoms with van der Waals surface area (Å²) in [5.74, 6) is -0.0809. The van der Waals surface area contributed by atoms with E-state index in [4.69, 9.17) is 5.73 Å². The van der Waals surface area contributed by atoms with Crippen LogP contribution in [0.4, 0.5) is 11.4 Å². The van der Waals surface area contributed by atoms with E-state index < -0.39 is 5.41 Å². The van der Waals surface area contributed by atoms with Crippen LogP contribution in [-0.4, -0.2) is 11.8 Å². The van der Waals surface area contributed by atoms with E-state index in [-0.39, 0.29) is 11.8 Å². The first kappa shape index (κ1) is 12.2. The molecule has 0 radical (unpaired) electrons. The summed E-state index contributed by atoms with van der Waals surface area (Å²) in [6.07, 6.45) is 4.17. The van der Waals surface area contributed by atoms with Crippen LogP contribution < -0.4 is 10.6 Å². The molecular weight excluding hydrogens is 240 g/mol. The van der Waals surface area contributed by atoms with Crippen molar-refractivity contribution >= 4 is 23.2 Å². The maximum absolute atomic E-state index is 12.7. The lowest BCUT2D eigenvalue weighted by molar-refractivity contribution is -0.125. The van der Waals surface area contributed by atoms with E-state index in [0.29, 0.717) is 17.8 Å². The minimum absolute atomic E-state index is 0.0112. The molecule has 2 N–H and O–H groups in total. The number of amides is 2. The van der Waals surface area contributed by atoms with Crippen LogP contribution in [0, 0.1) is 12.3 Å². The summed E-state index contributed by atoms with van der Waals surface area (Å²) in [6.45, 7) is 1.88. The van der Waals surface area contributed by atoms with Gasteiger partial charge in [-0.05, 0) is 43.5 Å². The predicted octanol–water partition coefficient (Wildman–Crippen LogP) is 2.40. The third-order valence-electron chi connectivity index (χ3n) is 4.42. The van der Waals surface area contributed by atoms with E-state index in [1.54, 1.807) is 18.2 Å². The van der Waals surface area contributed by atoms with Crippen LogP contribution in [0.3, 0.4) is 0 Å². The SMILES string of the molecule is Cc1cc(N)ccc1N1C(=O)CC2(CCCC2)C1=O. The standard InChI is InChI=1S/C15H18N2O2/c1-10-8-11(16)4-5-12(10)17-13(18)9-15(14(17)19)6-2-3-7-15/h4-5,8H,2-3,6-7,9,16H2,1H3. The molecule has 1 aliphatic heterocycles. The molecule has 1 spiro atoms. The van der Waals surface area contributed by atoms with Crippen molar-refractivity contribution in [2.24, 2.45) is 5.41 Å². The van der Waals surface area contributed by atoms with E-state index >= 15 is 0 Å². The molecule has 19 heavy (non-hydrogen) atoms. The summed E-state index contributed by atoms with van der Waals surface area (Å²) in [5, 5.41) is 0. The number of carbonyl (C=O) groups is 2. The first-order valence-corrected chi connectivity index (χ1v) is 6.77. The van der Waals surface area contributed by atoms with Crippen molar-refractivity contribution in [1.29, 1.82) is 0 Å². The number of rotatable bonds is 1. The highest BCUT2D eigenvalue weighted by atomic mass is 16.2. The predicted molar refractivity (Wildman–Crippen MR) is 73.6 cm³/mol. The lowest BCUT2D eigenvalue weighted by Crippen LogP contribution is -2.34. The summed E-state index contributed by atoms with van der Waals surface area (Å²) < 4.78 is 0. The van der Waals surface area contributed by atoms with Gasteiger partial charge in [-0.25, -0.2) is 4.90 Å². The van der Waals surface area contributed by atoms with Crippen molar-refractivity contribution in [2.45, 2.75) is 39.0 Å². The van der Waals surface area contributed by atoms with Crippen LogP contribution in [0.1, 0.15) is 37.7 Å². The van der Waals surface area contributed by atoms with Gasteiger partial charge in [-0.15, -0.1) is 0 Å². The zero-order valence-electron chi connectivity index (χ0n) is 11.1. The van der Waals surface area contributed by atoms with Crippen molar-refractivity contribution in [3.63, 3.8) is 0 Å². The minimum Gasteiger partial charge on any atom is -0.399 e. The largest absolute Gasteiger partial charge is 0.399 e. The van der Waals surface area contributed by atoms with Gasteiger partial charge < -0.3 is 5.73 Å². The number of carbonyl (C=O) groups excluding carboxylic acids is 2. The molecule has 100 valence electrons. The van der Waals surface area contributed by atoms with Gasteiger partial charge in [0.25, 0.3) is 0 Å². The lowest BCUT2D eigenvalue weighted by Gasteiger charge is -2.22. The van der Waals surface area contributed by atoms with Crippen LogP contribution in [0.25, 0.3) is 0 Å². The third kappa shape index (κ3) is 1.74. The molecule has 1 saturated heterocycles. The number of nitrogens with zero attached hydrogens (tertiary/aromatic N) is 1. The topological polar surface area (TPSA) is 63.4 Å². The molecule has 0 bridgehead atoms. The quantitative estimate of drug-likeness (QED) is 0.621. The second-order valence-corrected chi connectivity index (χ2v) is 5.74. The van der Waals surface area contributed by atoms with E-state index in [1.165, 1.54) is 4.90 Å². The van der Waals surface area contributed by atoms with Gasteiger partial charge >= 0.3 is 0 Å². The molecule has 0 unspecified atom stereocenters. The molecule has 2 fully saturated rings. The highest BCUT2D eigenvalue weighted by molar-refractivity contribution is 6.23. The summed E-state index contributed by atoms with van der Waals surface area (Å²) in [5.41, 5.74) is 7.52. The second kappa shape index (κ2) is 4.08. The Kier molecular flexibility index (Phi) is 2.62. The molecule has 2 aliphatic rings. The number of anilines is 2. The maximum Gasteiger partial charge on any atom is 0.240 e. The third-order valence-corrected chi connectivity index (χ3v) is 4.42. The van der Waals surface area contributed by atoms with E-state index in [1.807, 2.05) is 6.92 Å². The Morgan fingerprint density at radius 1 is 1.21 bits per heavy atom. The molecule has 1 heterocycles. The molecular formula is C15H18N2O2. The maximum atomic E-state index is 12.7. The van der Waals surface area contributed by atoms with Gasteiger partial charge in [0.15, 0.2) is 0 Å². The van der Waals surface area contributed by atoms with Gasteiger partial charge in [-0.3, -0.25) is 9.59 Å². The van der Waals surface area contributed by atoms with Gasteiger partial charge in [0, 0.05) is 12.1 Å². The van der Waals surface area contributed by atoms with Crippen LogP contribution in [0.15, 0.2) is 18.2 Å². The first-order chi connectivity index (χ1) is 9.03. The normalized spacial score (nSPS) is 21.6. The van der Waals surface area contributed by atoms with Gasteiger partial charge in [-0.1, -0.05) is 12.8 Å². The van der Waals surface area contributed by atoms with E-state index in [9.17, 15) is 9.59 Å².